The zero-order valence-corrected chi connectivity index (χ0v) is 9.54. The van der Waals surface area contributed by atoms with E-state index in [1.165, 1.54) is 6.08 Å². The molecule has 2 N–H and O–H groups in total. The number of hydrogen-bond donors (Lipinski definition) is 2. The van der Waals surface area contributed by atoms with Crippen molar-refractivity contribution in [3.63, 3.8) is 0 Å². The number of hydrogen-bond acceptors (Lipinski definition) is 4. The van der Waals surface area contributed by atoms with E-state index in [1.807, 2.05) is 12.3 Å². The van der Waals surface area contributed by atoms with Crippen molar-refractivity contribution in [2.45, 2.75) is 19.9 Å². The molecule has 0 aliphatic heterocycles. The predicted octanol–water partition coefficient (Wildman–Crippen LogP) is 0.962. The fraction of sp³-hybridized carbons (Fsp3) is 0.400. The van der Waals surface area contributed by atoms with Crippen LogP contribution in [0.1, 0.15) is 17.6 Å². The molecule has 0 bridgehead atoms. The number of nitrogens with one attached hydrogen (secondary N) is 1. The molecule has 15 heavy (non-hydrogen) atoms. The Morgan fingerprint density at radius 2 is 2.53 bits per heavy atom. The van der Waals surface area contributed by atoms with Crippen molar-refractivity contribution in [2.75, 3.05) is 6.61 Å². The van der Waals surface area contributed by atoms with Crippen LogP contribution in [0, 0.1) is 6.92 Å². The van der Waals surface area contributed by atoms with Crippen LogP contribution < -0.4 is 5.32 Å². The van der Waals surface area contributed by atoms with Gasteiger partial charge < -0.3 is 10.4 Å². The van der Waals surface area contributed by atoms with Gasteiger partial charge in [0.25, 0.3) is 0 Å². The molecule has 1 rings (SSSR count). The van der Waals surface area contributed by atoms with E-state index >= 15 is 0 Å². The van der Waals surface area contributed by atoms with Crippen molar-refractivity contribution in [3.05, 3.63) is 22.2 Å². The Labute approximate surface area is 92.7 Å². The van der Waals surface area contributed by atoms with Crippen molar-refractivity contribution in [1.82, 2.24) is 10.3 Å². The summed E-state index contributed by atoms with van der Waals surface area (Å²) in [5, 5.41) is 14.2. The molecule has 1 aromatic heterocycles. The highest BCUT2D eigenvalue weighted by atomic mass is 32.1. The standard InChI is InChI=1S/C10H14N2O2S/c1-7(5-13)11-10(14)4-3-9-6-15-8(2)12-9/h3-4,6-7,13H,5H2,1-2H3,(H,11,14)/t7-/m1/s1. The fourth-order valence-corrected chi connectivity index (χ4v) is 1.54. The molecule has 0 aliphatic carbocycles. The smallest absolute Gasteiger partial charge is 0.244 e. The molecule has 0 aromatic carbocycles. The molecule has 0 radical (unpaired) electrons. The summed E-state index contributed by atoms with van der Waals surface area (Å²) in [4.78, 5) is 15.4. The number of aromatic nitrogens is 1. The molecule has 1 aromatic rings. The minimum Gasteiger partial charge on any atom is -0.394 e. The molecule has 0 spiro atoms. The van der Waals surface area contributed by atoms with Gasteiger partial charge in [-0.25, -0.2) is 4.98 Å². The van der Waals surface area contributed by atoms with E-state index in [4.69, 9.17) is 5.11 Å². The lowest BCUT2D eigenvalue weighted by Crippen LogP contribution is -2.33. The maximum atomic E-state index is 11.3. The van der Waals surface area contributed by atoms with Gasteiger partial charge in [0, 0.05) is 17.5 Å². The van der Waals surface area contributed by atoms with Crippen LogP contribution in [0.2, 0.25) is 0 Å². The molecule has 0 saturated carbocycles. The van der Waals surface area contributed by atoms with E-state index in [-0.39, 0.29) is 18.6 Å². The van der Waals surface area contributed by atoms with Gasteiger partial charge in [0.1, 0.15) is 0 Å². The quantitative estimate of drug-likeness (QED) is 0.752. The first kappa shape index (κ1) is 11.9. The Kier molecular flexibility index (Phi) is 4.45. The second-order valence-corrected chi connectivity index (χ2v) is 4.28. The Hall–Kier alpha value is -1.20. The van der Waals surface area contributed by atoms with Crippen LogP contribution in [0.15, 0.2) is 11.5 Å². The summed E-state index contributed by atoms with van der Waals surface area (Å²) in [6, 6.07) is -0.223. The van der Waals surface area contributed by atoms with E-state index in [0.717, 1.165) is 10.7 Å². The molecule has 5 heteroatoms. The van der Waals surface area contributed by atoms with Crippen LogP contribution in [0.3, 0.4) is 0 Å². The minimum atomic E-state index is -0.223. The number of nitrogens with zero attached hydrogens (tertiary/aromatic N) is 1. The van der Waals surface area contributed by atoms with Crippen molar-refractivity contribution in [1.29, 1.82) is 0 Å². The summed E-state index contributed by atoms with van der Waals surface area (Å²) >= 11 is 1.54. The van der Waals surface area contributed by atoms with Crippen molar-refractivity contribution >= 4 is 23.3 Å². The monoisotopic (exact) mass is 226 g/mol. The lowest BCUT2D eigenvalue weighted by atomic mass is 10.3. The zero-order valence-electron chi connectivity index (χ0n) is 8.73. The third kappa shape index (κ3) is 4.22. The molecule has 82 valence electrons. The number of thiazole rings is 1. The number of carbonyl (C=O) groups excluding carboxylic acids is 1. The molecule has 1 atom stereocenters. The maximum Gasteiger partial charge on any atom is 0.244 e. The first-order valence-corrected chi connectivity index (χ1v) is 5.51. The van der Waals surface area contributed by atoms with Crippen LogP contribution in [-0.4, -0.2) is 28.6 Å². The molecule has 1 heterocycles. The third-order valence-electron chi connectivity index (χ3n) is 1.70. The first-order chi connectivity index (χ1) is 7.11. The second kappa shape index (κ2) is 5.63. The summed E-state index contributed by atoms with van der Waals surface area (Å²) < 4.78 is 0. The summed E-state index contributed by atoms with van der Waals surface area (Å²) in [5.74, 6) is -0.220. The molecule has 0 saturated heterocycles. The predicted molar refractivity (Wildman–Crippen MR) is 60.6 cm³/mol. The Morgan fingerprint density at radius 3 is 3.07 bits per heavy atom. The average molecular weight is 226 g/mol. The Balaban J connectivity index is 2.47. The summed E-state index contributed by atoms with van der Waals surface area (Å²) in [6.07, 6.45) is 3.07. The van der Waals surface area contributed by atoms with Crippen LogP contribution in [0.4, 0.5) is 0 Å². The highest BCUT2D eigenvalue weighted by molar-refractivity contribution is 7.09. The van der Waals surface area contributed by atoms with E-state index in [2.05, 4.69) is 10.3 Å². The van der Waals surface area contributed by atoms with Gasteiger partial charge in [-0.15, -0.1) is 11.3 Å². The van der Waals surface area contributed by atoms with Crippen LogP contribution in [0.25, 0.3) is 6.08 Å². The lowest BCUT2D eigenvalue weighted by Gasteiger charge is -2.07. The molecular weight excluding hydrogens is 212 g/mol. The number of rotatable bonds is 4. The molecule has 0 unspecified atom stereocenters. The normalized spacial score (nSPS) is 13.0. The number of aryl methyl sites for hydroxylation is 1. The van der Waals surface area contributed by atoms with Gasteiger partial charge in [-0.05, 0) is 19.9 Å². The number of carbonyl (C=O) groups is 1. The molecule has 4 nitrogen and oxygen atoms in total. The highest BCUT2D eigenvalue weighted by Crippen LogP contribution is 2.08. The van der Waals surface area contributed by atoms with E-state index < -0.39 is 0 Å². The van der Waals surface area contributed by atoms with E-state index in [1.54, 1.807) is 24.3 Å². The Bertz CT molecular complexity index is 360. The summed E-state index contributed by atoms with van der Waals surface area (Å²) in [6.45, 7) is 3.59. The molecule has 1 amide bonds. The van der Waals surface area contributed by atoms with Gasteiger partial charge in [-0.3, -0.25) is 4.79 Å². The van der Waals surface area contributed by atoms with Gasteiger partial charge in [0.2, 0.25) is 5.91 Å². The number of aliphatic hydroxyl groups is 1. The van der Waals surface area contributed by atoms with E-state index in [0.29, 0.717) is 0 Å². The van der Waals surface area contributed by atoms with Crippen molar-refractivity contribution < 1.29 is 9.90 Å². The van der Waals surface area contributed by atoms with Crippen LogP contribution in [-0.2, 0) is 4.79 Å². The number of aliphatic hydroxyl groups excluding tert-OH is 1. The van der Waals surface area contributed by atoms with Gasteiger partial charge in [0.15, 0.2) is 0 Å². The summed E-state index contributed by atoms with van der Waals surface area (Å²) in [7, 11) is 0. The third-order valence-corrected chi connectivity index (χ3v) is 2.50. The minimum absolute atomic E-state index is 0.0601. The van der Waals surface area contributed by atoms with Crippen LogP contribution >= 0.6 is 11.3 Å². The number of amides is 1. The molecular formula is C10H14N2O2S. The first-order valence-electron chi connectivity index (χ1n) is 4.63. The zero-order chi connectivity index (χ0) is 11.3. The maximum absolute atomic E-state index is 11.3. The van der Waals surface area contributed by atoms with Crippen LogP contribution in [0.5, 0.6) is 0 Å². The lowest BCUT2D eigenvalue weighted by molar-refractivity contribution is -0.117. The topological polar surface area (TPSA) is 62.2 Å². The van der Waals surface area contributed by atoms with Gasteiger partial charge in [0.05, 0.1) is 17.3 Å². The largest absolute Gasteiger partial charge is 0.394 e. The summed E-state index contributed by atoms with van der Waals surface area (Å²) in [5.41, 5.74) is 0.782. The van der Waals surface area contributed by atoms with Crippen molar-refractivity contribution in [2.24, 2.45) is 0 Å². The van der Waals surface area contributed by atoms with Gasteiger partial charge in [-0.1, -0.05) is 0 Å². The van der Waals surface area contributed by atoms with Gasteiger partial charge >= 0.3 is 0 Å². The SMILES string of the molecule is Cc1nc(C=CC(=O)N[C@H](C)CO)cs1. The van der Waals surface area contributed by atoms with Crippen molar-refractivity contribution in [3.8, 4) is 0 Å². The average Bonchev–Trinajstić information content (AvgIpc) is 2.61. The Morgan fingerprint density at radius 1 is 1.80 bits per heavy atom. The van der Waals surface area contributed by atoms with E-state index in [9.17, 15) is 4.79 Å². The fourth-order valence-electron chi connectivity index (χ4n) is 0.954. The molecule has 0 aliphatic rings. The molecule has 0 fully saturated rings. The second-order valence-electron chi connectivity index (χ2n) is 3.22. The highest BCUT2D eigenvalue weighted by Gasteiger charge is 2.02. The van der Waals surface area contributed by atoms with Gasteiger partial charge in [-0.2, -0.15) is 0 Å².